The van der Waals surface area contributed by atoms with Crippen molar-refractivity contribution in [2.24, 2.45) is 5.92 Å². The molecule has 0 spiro atoms. The molecule has 0 bridgehead atoms. The Balaban J connectivity index is 1.46. The summed E-state index contributed by atoms with van der Waals surface area (Å²) >= 11 is 0. The second-order valence-corrected chi connectivity index (χ2v) is 9.87. The van der Waals surface area contributed by atoms with E-state index in [-0.39, 0.29) is 5.91 Å². The van der Waals surface area contributed by atoms with Crippen LogP contribution in [0, 0.1) is 5.92 Å². The Bertz CT molecular complexity index is 1490. The summed E-state index contributed by atoms with van der Waals surface area (Å²) in [5.41, 5.74) is 11.5. The lowest BCUT2D eigenvalue weighted by Gasteiger charge is -2.16. The van der Waals surface area contributed by atoms with Crippen LogP contribution in [0.3, 0.4) is 0 Å². The summed E-state index contributed by atoms with van der Waals surface area (Å²) in [6.07, 6.45) is 16.3. The van der Waals surface area contributed by atoms with E-state index >= 15 is 0 Å². The Morgan fingerprint density at radius 1 is 0.951 bits per heavy atom. The van der Waals surface area contributed by atoms with Gasteiger partial charge in [0.2, 0.25) is 0 Å². The topological polar surface area (TPSA) is 95.2 Å². The summed E-state index contributed by atoms with van der Waals surface area (Å²) in [6, 6.07) is 19.0. The van der Waals surface area contributed by atoms with Crippen molar-refractivity contribution in [1.82, 2.24) is 15.8 Å². The number of hydrogen-bond donors (Lipinski definition) is 4. The Hall–Kier alpha value is -4.91. The molecule has 1 unspecified atom stereocenters. The number of carbonyl (C=O) groups excluding carboxylic acids is 2. The molecule has 0 saturated carbocycles. The molecule has 2 amide bonds. The molecule has 0 aliphatic heterocycles. The van der Waals surface area contributed by atoms with Crippen LogP contribution in [0.2, 0.25) is 0 Å². The third-order valence-electron chi connectivity index (χ3n) is 6.91. The van der Waals surface area contributed by atoms with Gasteiger partial charge in [0.25, 0.3) is 11.8 Å². The minimum Gasteiger partial charge on any atom is -0.388 e. The molecular formula is C34H37N5O2. The van der Waals surface area contributed by atoms with E-state index < -0.39 is 5.91 Å². The fourth-order valence-electron chi connectivity index (χ4n) is 4.62. The average Bonchev–Trinajstić information content (AvgIpc) is 2.99. The molecule has 1 heterocycles. The first-order valence-corrected chi connectivity index (χ1v) is 13.9. The zero-order valence-electron chi connectivity index (χ0n) is 23.8. The normalized spacial score (nSPS) is 17.5. The van der Waals surface area contributed by atoms with Gasteiger partial charge < -0.3 is 10.6 Å². The third-order valence-corrected chi connectivity index (χ3v) is 6.91. The maximum absolute atomic E-state index is 13.1. The van der Waals surface area contributed by atoms with E-state index in [1.807, 2.05) is 86.8 Å². The Morgan fingerprint density at radius 2 is 1.76 bits per heavy atom. The van der Waals surface area contributed by atoms with Crippen molar-refractivity contribution in [1.29, 1.82) is 0 Å². The summed E-state index contributed by atoms with van der Waals surface area (Å²) in [7, 11) is 1.88. The molecule has 0 radical (unpaired) electrons. The summed E-state index contributed by atoms with van der Waals surface area (Å²) in [5.74, 6) is -0.202. The quantitative estimate of drug-likeness (QED) is 0.179. The molecule has 1 aromatic heterocycles. The molecule has 0 fully saturated rings. The smallest absolute Gasteiger partial charge is 0.271 e. The van der Waals surface area contributed by atoms with Gasteiger partial charge in [0.05, 0.1) is 16.9 Å². The Labute approximate surface area is 242 Å². The number of amides is 2. The fraction of sp³-hybridized carbons (Fsp3) is 0.206. The Morgan fingerprint density at radius 3 is 2.54 bits per heavy atom. The number of aromatic nitrogens is 1. The van der Waals surface area contributed by atoms with Crippen molar-refractivity contribution in [2.75, 3.05) is 17.7 Å². The molecule has 1 aliphatic rings. The van der Waals surface area contributed by atoms with Crippen molar-refractivity contribution in [3.05, 3.63) is 120 Å². The number of carbonyl (C=O) groups is 2. The summed E-state index contributed by atoms with van der Waals surface area (Å²) in [5, 5.41) is 6.64. The molecule has 3 aromatic rings. The second kappa shape index (κ2) is 14.5. The van der Waals surface area contributed by atoms with Gasteiger partial charge in [-0.1, -0.05) is 61.6 Å². The molecule has 7 heteroatoms. The van der Waals surface area contributed by atoms with Gasteiger partial charge in [-0.3, -0.25) is 25.4 Å². The number of rotatable bonds is 8. The third kappa shape index (κ3) is 8.05. The van der Waals surface area contributed by atoms with Crippen molar-refractivity contribution in [3.8, 4) is 0 Å². The number of hydrogen-bond acceptors (Lipinski definition) is 5. The highest BCUT2D eigenvalue weighted by molar-refractivity contribution is 6.02. The van der Waals surface area contributed by atoms with Crippen LogP contribution in [0.25, 0.3) is 11.6 Å². The number of allylic oxidation sites excluding steroid dienone is 6. The van der Waals surface area contributed by atoms with Crippen LogP contribution in [0.4, 0.5) is 17.1 Å². The fourth-order valence-corrected chi connectivity index (χ4v) is 4.62. The second-order valence-electron chi connectivity index (χ2n) is 9.87. The number of pyridine rings is 1. The highest BCUT2D eigenvalue weighted by Crippen LogP contribution is 2.30. The van der Waals surface area contributed by atoms with Crippen molar-refractivity contribution in [2.45, 2.75) is 33.1 Å². The van der Waals surface area contributed by atoms with Gasteiger partial charge in [0.15, 0.2) is 0 Å². The molecule has 4 rings (SSSR count). The zero-order valence-corrected chi connectivity index (χ0v) is 23.8. The molecule has 1 aliphatic carbocycles. The first kappa shape index (κ1) is 29.1. The van der Waals surface area contributed by atoms with Crippen molar-refractivity contribution >= 4 is 40.5 Å². The van der Waals surface area contributed by atoms with Gasteiger partial charge in [-0.15, -0.1) is 0 Å². The highest BCUT2D eigenvalue weighted by atomic mass is 16.2. The summed E-state index contributed by atoms with van der Waals surface area (Å²) in [4.78, 5) is 30.1. The zero-order chi connectivity index (χ0) is 29.0. The van der Waals surface area contributed by atoms with E-state index in [2.05, 4.69) is 45.5 Å². The van der Waals surface area contributed by atoms with E-state index in [9.17, 15) is 9.59 Å². The van der Waals surface area contributed by atoms with Gasteiger partial charge in [0.1, 0.15) is 0 Å². The SMILES string of the molecule is C/C=C(/C=C/c1ccccn1)c1ccc(Nc2ccccc2C(=O)NNC(=O)/C2=C/C=C\C(C)CCC2)cc1NC. The largest absolute Gasteiger partial charge is 0.388 e. The predicted molar refractivity (Wildman–Crippen MR) is 168 cm³/mol. The van der Waals surface area contributed by atoms with Crippen LogP contribution in [0.5, 0.6) is 0 Å². The number of nitrogens with one attached hydrogen (secondary N) is 4. The minimum atomic E-state index is -0.404. The highest BCUT2D eigenvalue weighted by Gasteiger charge is 2.16. The molecule has 41 heavy (non-hydrogen) atoms. The maximum Gasteiger partial charge on any atom is 0.271 e. The maximum atomic E-state index is 13.1. The van der Waals surface area contributed by atoms with Crippen LogP contribution in [0.15, 0.2) is 103 Å². The van der Waals surface area contributed by atoms with Gasteiger partial charge in [-0.2, -0.15) is 0 Å². The Kier molecular flexibility index (Phi) is 10.3. The van der Waals surface area contributed by atoms with Gasteiger partial charge >= 0.3 is 0 Å². The van der Waals surface area contributed by atoms with Crippen LogP contribution in [0.1, 0.15) is 54.7 Å². The number of benzene rings is 2. The monoisotopic (exact) mass is 547 g/mol. The van der Waals surface area contributed by atoms with E-state index in [0.29, 0.717) is 29.2 Å². The van der Waals surface area contributed by atoms with Gasteiger partial charge in [-0.25, -0.2) is 0 Å². The lowest BCUT2D eigenvalue weighted by atomic mass is 9.97. The summed E-state index contributed by atoms with van der Waals surface area (Å²) in [6.45, 7) is 4.17. The molecule has 4 N–H and O–H groups in total. The lowest BCUT2D eigenvalue weighted by molar-refractivity contribution is -0.118. The van der Waals surface area contributed by atoms with Crippen LogP contribution in [-0.4, -0.2) is 23.8 Å². The van der Waals surface area contributed by atoms with Crippen LogP contribution < -0.4 is 21.5 Å². The molecule has 0 saturated heterocycles. The van der Waals surface area contributed by atoms with Crippen LogP contribution in [-0.2, 0) is 4.79 Å². The van der Waals surface area contributed by atoms with Gasteiger partial charge in [0, 0.05) is 35.8 Å². The standard InChI is InChI=1S/C34H37N5O2/c1-4-25(18-19-27-15-7-8-22-36-27)29-21-20-28(23-32(29)35-3)37-31-17-6-5-16-30(31)34(41)39-38-33(40)26-13-9-11-24(2)12-10-14-26/h4-9,11,13,15-24,35,37H,10,12,14H2,1-3H3,(H,38,40)(H,39,41)/b11-9-,19-18+,25-4-,26-13+. The van der Waals surface area contributed by atoms with E-state index in [4.69, 9.17) is 0 Å². The molecule has 1 atom stereocenters. The van der Waals surface area contributed by atoms with E-state index in [1.54, 1.807) is 18.3 Å². The average molecular weight is 548 g/mol. The molecule has 2 aromatic carbocycles. The molecular weight excluding hydrogens is 510 g/mol. The molecule has 7 nitrogen and oxygen atoms in total. The number of hydrazine groups is 1. The van der Waals surface area contributed by atoms with E-state index in [0.717, 1.165) is 41.0 Å². The summed E-state index contributed by atoms with van der Waals surface area (Å²) < 4.78 is 0. The number of para-hydroxylation sites is 1. The predicted octanol–water partition coefficient (Wildman–Crippen LogP) is 7.05. The number of anilines is 3. The number of nitrogens with zero attached hydrogens (tertiary/aromatic N) is 1. The minimum absolute atomic E-state index is 0.297. The van der Waals surface area contributed by atoms with Gasteiger partial charge in [-0.05, 0) is 80.2 Å². The first-order valence-electron chi connectivity index (χ1n) is 13.9. The van der Waals surface area contributed by atoms with E-state index in [1.165, 1.54) is 0 Å². The first-order chi connectivity index (χ1) is 20.0. The van der Waals surface area contributed by atoms with Crippen LogP contribution >= 0.6 is 0 Å². The van der Waals surface area contributed by atoms with Crippen molar-refractivity contribution < 1.29 is 9.59 Å². The lowest BCUT2D eigenvalue weighted by Crippen LogP contribution is -2.42. The van der Waals surface area contributed by atoms with Crippen molar-refractivity contribution in [3.63, 3.8) is 0 Å². The molecule has 210 valence electrons.